The minimum Gasteiger partial charge on any atom is -0.380 e. The summed E-state index contributed by atoms with van der Waals surface area (Å²) in [5.74, 6) is 0. The number of rotatable bonds is 4. The molecule has 0 atom stereocenters. The summed E-state index contributed by atoms with van der Waals surface area (Å²) in [7, 11) is 1.92. The molecule has 0 spiro atoms. The van der Waals surface area contributed by atoms with E-state index < -0.39 is 0 Å². The highest BCUT2D eigenvalue weighted by atomic mass is 35.5. The molecule has 3 rings (SSSR count). The molecule has 4 nitrogen and oxygen atoms in total. The van der Waals surface area contributed by atoms with Gasteiger partial charge in [-0.15, -0.1) is 11.3 Å². The van der Waals surface area contributed by atoms with Crippen LogP contribution in [0.5, 0.6) is 0 Å². The van der Waals surface area contributed by atoms with Gasteiger partial charge >= 0.3 is 0 Å². The van der Waals surface area contributed by atoms with Crippen molar-refractivity contribution >= 4 is 28.6 Å². The van der Waals surface area contributed by atoms with Gasteiger partial charge in [0.05, 0.1) is 12.2 Å². The summed E-state index contributed by atoms with van der Waals surface area (Å²) in [6.45, 7) is 0.718. The average Bonchev–Trinajstić information content (AvgIpc) is 3.06. The van der Waals surface area contributed by atoms with Gasteiger partial charge in [-0.1, -0.05) is 23.7 Å². The van der Waals surface area contributed by atoms with Gasteiger partial charge in [0.25, 0.3) is 0 Å². The minimum absolute atomic E-state index is 0.573. The number of aromatic nitrogens is 3. The van der Waals surface area contributed by atoms with Crippen LogP contribution in [-0.2, 0) is 13.6 Å². The van der Waals surface area contributed by atoms with Gasteiger partial charge in [0.2, 0.25) is 0 Å². The number of hydrogen-bond donors (Lipinski definition) is 1. The Kier molecular flexibility index (Phi) is 3.71. The number of anilines is 1. The van der Waals surface area contributed by atoms with Gasteiger partial charge in [0, 0.05) is 35.6 Å². The Labute approximate surface area is 126 Å². The van der Waals surface area contributed by atoms with Crippen LogP contribution < -0.4 is 5.32 Å². The van der Waals surface area contributed by atoms with Crippen molar-refractivity contribution in [1.82, 2.24) is 14.8 Å². The molecule has 0 saturated heterocycles. The number of aryl methyl sites for hydroxylation is 1. The van der Waals surface area contributed by atoms with Gasteiger partial charge in [-0.25, -0.2) is 4.98 Å². The molecule has 1 aromatic carbocycles. The van der Waals surface area contributed by atoms with E-state index >= 15 is 0 Å². The highest BCUT2D eigenvalue weighted by Crippen LogP contribution is 2.22. The van der Waals surface area contributed by atoms with E-state index in [-0.39, 0.29) is 0 Å². The van der Waals surface area contributed by atoms with E-state index in [2.05, 4.69) is 27.5 Å². The maximum Gasteiger partial charge on any atom is 0.183 e. The fourth-order valence-electron chi connectivity index (χ4n) is 1.91. The molecule has 0 bridgehead atoms. The monoisotopic (exact) mass is 304 g/mol. The fraction of sp³-hybridized carbons (Fsp3) is 0.143. The normalized spacial score (nSPS) is 10.7. The molecular weight excluding hydrogens is 292 g/mol. The number of nitrogens with one attached hydrogen (secondary N) is 1. The predicted octanol–water partition coefficient (Wildman–Crippen LogP) is 3.81. The van der Waals surface area contributed by atoms with Gasteiger partial charge < -0.3 is 5.32 Å². The third kappa shape index (κ3) is 3.00. The van der Waals surface area contributed by atoms with Crippen molar-refractivity contribution in [2.45, 2.75) is 6.54 Å². The van der Waals surface area contributed by atoms with Crippen LogP contribution in [0.2, 0.25) is 4.47 Å². The van der Waals surface area contributed by atoms with Crippen LogP contribution in [0.25, 0.3) is 11.3 Å². The van der Waals surface area contributed by atoms with Crippen molar-refractivity contribution in [3.8, 4) is 11.3 Å². The number of nitrogens with zero attached hydrogens (tertiary/aromatic N) is 3. The van der Waals surface area contributed by atoms with Crippen LogP contribution >= 0.6 is 22.9 Å². The van der Waals surface area contributed by atoms with Crippen LogP contribution in [0.4, 0.5) is 5.69 Å². The maximum atomic E-state index is 5.82. The van der Waals surface area contributed by atoms with Crippen molar-refractivity contribution in [3.05, 3.63) is 52.1 Å². The van der Waals surface area contributed by atoms with E-state index in [1.54, 1.807) is 10.9 Å². The average molecular weight is 305 g/mol. The van der Waals surface area contributed by atoms with Crippen molar-refractivity contribution in [2.24, 2.45) is 7.05 Å². The Hall–Kier alpha value is -1.85. The molecule has 0 amide bonds. The largest absolute Gasteiger partial charge is 0.380 e. The first kappa shape index (κ1) is 13.1. The Morgan fingerprint density at radius 1 is 1.35 bits per heavy atom. The molecule has 0 unspecified atom stereocenters. The Balaban J connectivity index is 1.74. The van der Waals surface area contributed by atoms with E-state index in [0.717, 1.165) is 28.4 Å². The third-order valence-corrected chi connectivity index (χ3v) is 3.98. The lowest BCUT2D eigenvalue weighted by atomic mass is 10.1. The summed E-state index contributed by atoms with van der Waals surface area (Å²) in [6, 6.07) is 10.2. The van der Waals surface area contributed by atoms with E-state index in [0.29, 0.717) is 4.47 Å². The first-order valence-electron chi connectivity index (χ1n) is 6.15. The van der Waals surface area contributed by atoms with Gasteiger partial charge in [-0.2, -0.15) is 5.10 Å². The molecule has 0 aliphatic carbocycles. The molecule has 1 N–H and O–H groups in total. The zero-order chi connectivity index (χ0) is 13.9. The predicted molar refractivity (Wildman–Crippen MR) is 83.1 cm³/mol. The second kappa shape index (κ2) is 5.64. The molecule has 0 fully saturated rings. The fourth-order valence-corrected chi connectivity index (χ4v) is 2.83. The molecule has 0 aliphatic rings. The quantitative estimate of drug-likeness (QED) is 0.797. The number of thiazole rings is 1. The highest BCUT2D eigenvalue weighted by Gasteiger charge is 2.03. The maximum absolute atomic E-state index is 5.82. The van der Waals surface area contributed by atoms with E-state index in [9.17, 15) is 0 Å². The molecule has 20 heavy (non-hydrogen) atoms. The van der Waals surface area contributed by atoms with Gasteiger partial charge in [0.15, 0.2) is 4.47 Å². The van der Waals surface area contributed by atoms with Gasteiger partial charge in [0.1, 0.15) is 0 Å². The molecule has 2 aromatic heterocycles. The Bertz CT molecular complexity index is 719. The minimum atomic E-state index is 0.573. The van der Waals surface area contributed by atoms with Crippen molar-refractivity contribution in [3.63, 3.8) is 0 Å². The summed E-state index contributed by atoms with van der Waals surface area (Å²) >= 11 is 7.31. The van der Waals surface area contributed by atoms with Gasteiger partial charge in [-0.3, -0.25) is 4.68 Å². The smallest absolute Gasteiger partial charge is 0.183 e. The van der Waals surface area contributed by atoms with Crippen LogP contribution in [0.1, 0.15) is 4.88 Å². The molecule has 0 saturated carbocycles. The molecule has 3 aromatic rings. The lowest BCUT2D eigenvalue weighted by Crippen LogP contribution is -1.97. The second-order valence-electron chi connectivity index (χ2n) is 4.39. The highest BCUT2D eigenvalue weighted by molar-refractivity contribution is 7.15. The molecule has 0 aliphatic heterocycles. The summed E-state index contributed by atoms with van der Waals surface area (Å²) < 4.78 is 2.37. The lowest BCUT2D eigenvalue weighted by molar-refractivity contribution is 0.771. The van der Waals surface area contributed by atoms with E-state index in [1.807, 2.05) is 31.4 Å². The number of benzene rings is 1. The lowest BCUT2D eigenvalue weighted by Gasteiger charge is -2.06. The van der Waals surface area contributed by atoms with Crippen LogP contribution in [0.15, 0.2) is 42.7 Å². The Morgan fingerprint density at radius 2 is 2.25 bits per heavy atom. The number of halogens is 1. The second-order valence-corrected chi connectivity index (χ2v) is 6.09. The zero-order valence-corrected chi connectivity index (χ0v) is 12.4. The Morgan fingerprint density at radius 3 is 2.95 bits per heavy atom. The molecule has 102 valence electrons. The summed E-state index contributed by atoms with van der Waals surface area (Å²) in [6.07, 6.45) is 3.73. The first-order valence-corrected chi connectivity index (χ1v) is 7.34. The summed E-state index contributed by atoms with van der Waals surface area (Å²) in [4.78, 5) is 5.14. The van der Waals surface area contributed by atoms with Crippen molar-refractivity contribution in [2.75, 3.05) is 5.32 Å². The van der Waals surface area contributed by atoms with E-state index in [4.69, 9.17) is 11.6 Å². The standard InChI is InChI=1S/C14H13ClN4S/c1-19-6-5-13(18-19)10-3-2-4-11(7-10)16-8-12-9-17-14(15)20-12/h2-7,9,16H,8H2,1H3. The zero-order valence-electron chi connectivity index (χ0n) is 10.9. The van der Waals surface area contributed by atoms with Crippen LogP contribution in [-0.4, -0.2) is 14.8 Å². The molecule has 6 heteroatoms. The van der Waals surface area contributed by atoms with E-state index in [1.165, 1.54) is 11.3 Å². The van der Waals surface area contributed by atoms with Crippen molar-refractivity contribution < 1.29 is 0 Å². The summed E-state index contributed by atoms with van der Waals surface area (Å²) in [5, 5.41) is 7.78. The third-order valence-electron chi connectivity index (χ3n) is 2.86. The van der Waals surface area contributed by atoms with Gasteiger partial charge in [-0.05, 0) is 18.2 Å². The van der Waals surface area contributed by atoms with Crippen molar-refractivity contribution in [1.29, 1.82) is 0 Å². The van der Waals surface area contributed by atoms with Crippen LogP contribution in [0, 0.1) is 0 Å². The SMILES string of the molecule is Cn1ccc(-c2cccc(NCc3cnc(Cl)s3)c2)n1. The summed E-state index contributed by atoms with van der Waals surface area (Å²) in [5.41, 5.74) is 3.12. The molecular formula is C14H13ClN4S. The number of hydrogen-bond acceptors (Lipinski definition) is 4. The molecule has 2 heterocycles. The topological polar surface area (TPSA) is 42.7 Å². The molecule has 0 radical (unpaired) electrons. The first-order chi connectivity index (χ1) is 9.70. The van der Waals surface area contributed by atoms with Crippen LogP contribution in [0.3, 0.4) is 0 Å².